The van der Waals surface area contributed by atoms with E-state index in [9.17, 15) is 10.1 Å². The highest BCUT2D eigenvalue weighted by Crippen LogP contribution is 2.30. The number of nitrogens with zero attached hydrogens (tertiary/aromatic N) is 2. The van der Waals surface area contributed by atoms with E-state index < -0.39 is 12.6 Å². The van der Waals surface area contributed by atoms with Gasteiger partial charge in [-0.05, 0) is 42.8 Å². The molecule has 7 nitrogen and oxygen atoms in total. The van der Waals surface area contributed by atoms with Gasteiger partial charge < -0.3 is 19.6 Å². The lowest BCUT2D eigenvalue weighted by Crippen LogP contribution is -2.10. The van der Waals surface area contributed by atoms with Crippen molar-refractivity contribution in [2.24, 2.45) is 0 Å². The van der Waals surface area contributed by atoms with Crippen LogP contribution in [0.1, 0.15) is 18.3 Å². The lowest BCUT2D eigenvalue weighted by atomic mass is 10.1. The Morgan fingerprint density at radius 1 is 1.26 bits per heavy atom. The minimum absolute atomic E-state index is 0.332. The molecular formula is C20H17N3O4. The number of hydrogen-bond acceptors (Lipinski definition) is 5. The molecule has 0 spiro atoms. The first-order valence-electron chi connectivity index (χ1n) is 8.29. The zero-order valence-electron chi connectivity index (χ0n) is 14.6. The van der Waals surface area contributed by atoms with Crippen LogP contribution in [0.5, 0.6) is 11.5 Å². The molecule has 3 aromatic rings. The number of hydrogen-bond donors (Lipinski definition) is 2. The Bertz CT molecular complexity index is 1010. The number of fused-ring (bicyclic) bond motifs is 1. The van der Waals surface area contributed by atoms with Crippen LogP contribution < -0.4 is 9.47 Å². The Morgan fingerprint density at radius 3 is 2.78 bits per heavy atom. The Kier molecular flexibility index (Phi) is 5.38. The van der Waals surface area contributed by atoms with Gasteiger partial charge in [-0.1, -0.05) is 18.2 Å². The van der Waals surface area contributed by atoms with Gasteiger partial charge in [0.1, 0.15) is 11.9 Å². The van der Waals surface area contributed by atoms with Gasteiger partial charge >= 0.3 is 5.97 Å². The number of aromatic nitrogens is 2. The first-order chi connectivity index (χ1) is 13.1. The number of rotatable bonds is 7. The van der Waals surface area contributed by atoms with E-state index in [-0.39, 0.29) is 0 Å². The maximum Gasteiger partial charge on any atom is 0.341 e. The van der Waals surface area contributed by atoms with Crippen LogP contribution in [0.4, 0.5) is 0 Å². The van der Waals surface area contributed by atoms with Crippen molar-refractivity contribution in [3.63, 3.8) is 0 Å². The molecular weight excluding hydrogens is 346 g/mol. The normalized spacial score (nSPS) is 11.2. The van der Waals surface area contributed by atoms with Gasteiger partial charge in [0, 0.05) is 0 Å². The fourth-order valence-corrected chi connectivity index (χ4v) is 2.54. The van der Waals surface area contributed by atoms with Crippen molar-refractivity contribution in [2.75, 3.05) is 13.2 Å². The number of para-hydroxylation sites is 2. The smallest absolute Gasteiger partial charge is 0.341 e. The molecule has 0 aliphatic carbocycles. The second kappa shape index (κ2) is 8.06. The van der Waals surface area contributed by atoms with Crippen LogP contribution >= 0.6 is 0 Å². The van der Waals surface area contributed by atoms with Gasteiger partial charge in [-0.25, -0.2) is 9.78 Å². The molecule has 0 atom stereocenters. The lowest BCUT2D eigenvalue weighted by molar-refractivity contribution is -0.139. The van der Waals surface area contributed by atoms with E-state index in [4.69, 9.17) is 14.6 Å². The average molecular weight is 363 g/mol. The zero-order valence-corrected chi connectivity index (χ0v) is 14.6. The number of carboxylic acids is 1. The van der Waals surface area contributed by atoms with Gasteiger partial charge in [0.05, 0.1) is 23.2 Å². The largest absolute Gasteiger partial charge is 0.490 e. The maximum absolute atomic E-state index is 10.7. The molecule has 0 amide bonds. The van der Waals surface area contributed by atoms with Gasteiger partial charge in [-0.2, -0.15) is 5.26 Å². The number of imidazole rings is 1. The van der Waals surface area contributed by atoms with Crippen LogP contribution in [0, 0.1) is 11.3 Å². The fraction of sp³-hybridized carbons (Fsp3) is 0.150. The zero-order chi connectivity index (χ0) is 19.2. The van der Waals surface area contributed by atoms with E-state index in [0.717, 1.165) is 11.0 Å². The van der Waals surface area contributed by atoms with Gasteiger partial charge in [0.2, 0.25) is 0 Å². The number of nitriles is 1. The molecule has 7 heteroatoms. The Balaban J connectivity index is 1.94. The number of allylic oxidation sites excluding steroid dienone is 1. The molecule has 0 aliphatic rings. The molecule has 2 aromatic carbocycles. The first-order valence-corrected chi connectivity index (χ1v) is 8.29. The third-order valence-corrected chi connectivity index (χ3v) is 3.69. The Hall–Kier alpha value is -3.79. The minimum atomic E-state index is -1.07. The summed E-state index contributed by atoms with van der Waals surface area (Å²) in [7, 11) is 0. The summed E-state index contributed by atoms with van der Waals surface area (Å²) in [6, 6.07) is 14.7. The minimum Gasteiger partial charge on any atom is -0.490 e. The molecule has 2 N–H and O–H groups in total. The summed E-state index contributed by atoms with van der Waals surface area (Å²) >= 11 is 0. The molecule has 0 fully saturated rings. The molecule has 136 valence electrons. The Morgan fingerprint density at radius 2 is 2.07 bits per heavy atom. The topological polar surface area (TPSA) is 108 Å². The first kappa shape index (κ1) is 18.0. The SMILES string of the molecule is CCOc1cc(/C=C(/C#N)c2nc3ccccc3[nH]2)ccc1OCC(=O)O. The van der Waals surface area contributed by atoms with Crippen LogP contribution in [0.3, 0.4) is 0 Å². The predicted octanol–water partition coefficient (Wildman–Crippen LogP) is 3.49. The number of benzene rings is 2. The number of ether oxygens (including phenoxy) is 2. The molecule has 1 heterocycles. The molecule has 0 saturated carbocycles. The van der Waals surface area contributed by atoms with Crippen molar-refractivity contribution in [3.8, 4) is 17.6 Å². The van der Waals surface area contributed by atoms with E-state index in [1.807, 2.05) is 31.2 Å². The number of nitrogens with one attached hydrogen (secondary N) is 1. The molecule has 1 aromatic heterocycles. The van der Waals surface area contributed by atoms with Crippen LogP contribution in [0.15, 0.2) is 42.5 Å². The number of carboxylic acid groups (broad SMARTS) is 1. The van der Waals surface area contributed by atoms with Crippen molar-refractivity contribution >= 4 is 28.7 Å². The summed E-state index contributed by atoms with van der Waals surface area (Å²) in [6.07, 6.45) is 1.68. The average Bonchev–Trinajstić information content (AvgIpc) is 3.09. The predicted molar refractivity (Wildman–Crippen MR) is 100 cm³/mol. The van der Waals surface area contributed by atoms with Crippen molar-refractivity contribution in [1.82, 2.24) is 9.97 Å². The second-order valence-corrected chi connectivity index (χ2v) is 5.59. The highest BCUT2D eigenvalue weighted by Gasteiger charge is 2.11. The molecule has 0 unspecified atom stereocenters. The van der Waals surface area contributed by atoms with Crippen molar-refractivity contribution in [1.29, 1.82) is 5.26 Å². The van der Waals surface area contributed by atoms with Crippen LogP contribution in [-0.2, 0) is 4.79 Å². The van der Waals surface area contributed by atoms with Crippen molar-refractivity contribution in [2.45, 2.75) is 6.92 Å². The highest BCUT2D eigenvalue weighted by molar-refractivity contribution is 5.90. The van der Waals surface area contributed by atoms with Crippen molar-refractivity contribution < 1.29 is 19.4 Å². The molecule has 0 radical (unpaired) electrons. The summed E-state index contributed by atoms with van der Waals surface area (Å²) < 4.78 is 10.8. The van der Waals surface area contributed by atoms with E-state index in [1.165, 1.54) is 0 Å². The number of aliphatic carboxylic acids is 1. The van der Waals surface area contributed by atoms with E-state index in [2.05, 4.69) is 16.0 Å². The molecule has 3 rings (SSSR count). The standard InChI is InChI=1S/C20H17N3O4/c1-2-26-18-10-13(7-8-17(18)27-12-19(24)25)9-14(11-21)20-22-15-5-3-4-6-16(15)23-20/h3-10H,2,12H2,1H3,(H,22,23)(H,24,25)/b14-9-. The Labute approximate surface area is 155 Å². The monoisotopic (exact) mass is 363 g/mol. The van der Waals surface area contributed by atoms with Crippen LogP contribution in [0.25, 0.3) is 22.7 Å². The van der Waals surface area contributed by atoms with E-state index in [0.29, 0.717) is 35.1 Å². The summed E-state index contributed by atoms with van der Waals surface area (Å²) in [6.45, 7) is 1.75. The lowest BCUT2D eigenvalue weighted by Gasteiger charge is -2.11. The number of aromatic amines is 1. The van der Waals surface area contributed by atoms with Gasteiger partial charge in [-0.15, -0.1) is 0 Å². The summed E-state index contributed by atoms with van der Waals surface area (Å²) in [5.41, 5.74) is 2.70. The number of carbonyl (C=O) groups is 1. The van der Waals surface area contributed by atoms with Crippen LogP contribution in [-0.4, -0.2) is 34.3 Å². The van der Waals surface area contributed by atoms with Crippen LogP contribution in [0.2, 0.25) is 0 Å². The summed E-state index contributed by atoms with van der Waals surface area (Å²) in [5, 5.41) is 18.3. The second-order valence-electron chi connectivity index (χ2n) is 5.59. The highest BCUT2D eigenvalue weighted by atomic mass is 16.5. The summed E-state index contributed by atoms with van der Waals surface area (Å²) in [5.74, 6) is 0.147. The third kappa shape index (κ3) is 4.25. The summed E-state index contributed by atoms with van der Waals surface area (Å²) in [4.78, 5) is 18.3. The third-order valence-electron chi connectivity index (χ3n) is 3.69. The van der Waals surface area contributed by atoms with E-state index >= 15 is 0 Å². The quantitative estimate of drug-likeness (QED) is 0.622. The van der Waals surface area contributed by atoms with E-state index in [1.54, 1.807) is 24.3 Å². The van der Waals surface area contributed by atoms with Gasteiger partial charge in [0.15, 0.2) is 18.1 Å². The maximum atomic E-state index is 10.7. The molecule has 0 aliphatic heterocycles. The molecule has 0 saturated heterocycles. The molecule has 27 heavy (non-hydrogen) atoms. The molecule has 0 bridgehead atoms. The van der Waals surface area contributed by atoms with Gasteiger partial charge in [-0.3, -0.25) is 0 Å². The number of H-pyrrole nitrogens is 1. The van der Waals surface area contributed by atoms with Gasteiger partial charge in [0.25, 0.3) is 0 Å². The van der Waals surface area contributed by atoms with Crippen molar-refractivity contribution in [3.05, 3.63) is 53.9 Å². The fourth-order valence-electron chi connectivity index (χ4n) is 2.54.